The summed E-state index contributed by atoms with van der Waals surface area (Å²) < 4.78 is 53.3. The van der Waals surface area contributed by atoms with Gasteiger partial charge in [0.25, 0.3) is 0 Å². The minimum Gasteiger partial charge on any atom is -0.497 e. The average Bonchev–Trinajstić information content (AvgIpc) is 3.72. The van der Waals surface area contributed by atoms with Crippen LogP contribution in [0.5, 0.6) is 34.5 Å². The number of ether oxygens (including phenoxy) is 9. The van der Waals surface area contributed by atoms with Gasteiger partial charge in [-0.25, -0.2) is 18.7 Å². The summed E-state index contributed by atoms with van der Waals surface area (Å²) in [6.45, 7) is -0.646. The zero-order valence-electron chi connectivity index (χ0n) is 32.2. The van der Waals surface area contributed by atoms with Crippen LogP contribution in [0.25, 0.3) is 43.6 Å². The maximum atomic E-state index is 13.3. The highest BCUT2D eigenvalue weighted by Gasteiger charge is 2.21. The number of anilines is 1. The van der Waals surface area contributed by atoms with E-state index in [9.17, 15) is 14.7 Å². The molecule has 296 valence electrons. The fourth-order valence-corrected chi connectivity index (χ4v) is 6.68. The van der Waals surface area contributed by atoms with Gasteiger partial charge in [0.15, 0.2) is 20.4 Å². The second-order valence-electron chi connectivity index (χ2n) is 12.9. The molecule has 0 saturated carbocycles. The zero-order valence-corrected chi connectivity index (χ0v) is 32.2. The average molecular weight is 780 g/mol. The predicted octanol–water partition coefficient (Wildman–Crippen LogP) is 8.08. The number of rotatable bonds is 15. The third-order valence-electron chi connectivity index (χ3n) is 9.45. The third-order valence-corrected chi connectivity index (χ3v) is 9.45. The molecule has 1 N–H and O–H groups in total. The molecule has 0 spiro atoms. The van der Waals surface area contributed by atoms with E-state index in [0.29, 0.717) is 72.9 Å². The molecule has 0 aliphatic rings. The monoisotopic (exact) mass is 779 g/mol. The molecular formula is C42H41N3O12. The van der Waals surface area contributed by atoms with Gasteiger partial charge in [0.05, 0.1) is 57.1 Å². The van der Waals surface area contributed by atoms with E-state index in [4.69, 9.17) is 42.6 Å². The molecule has 0 saturated heterocycles. The van der Waals surface area contributed by atoms with Crippen molar-refractivity contribution in [1.82, 2.24) is 9.13 Å². The van der Waals surface area contributed by atoms with Gasteiger partial charge in [0.1, 0.15) is 34.5 Å². The number of hydrogen-bond acceptors (Lipinski definition) is 12. The summed E-state index contributed by atoms with van der Waals surface area (Å²) in [5.41, 5.74) is 3.71. The first-order valence-electron chi connectivity index (χ1n) is 17.6. The van der Waals surface area contributed by atoms with Crippen molar-refractivity contribution in [2.45, 2.75) is 6.61 Å². The van der Waals surface area contributed by atoms with Gasteiger partial charge in [-0.2, -0.15) is 0 Å². The Morgan fingerprint density at radius 1 is 0.561 bits per heavy atom. The van der Waals surface area contributed by atoms with Gasteiger partial charge in [-0.1, -0.05) is 0 Å². The smallest absolute Gasteiger partial charge is 0.421 e. The minimum absolute atomic E-state index is 0.0733. The number of nitrogens with zero attached hydrogens (tertiary/aromatic N) is 3. The standard InChI is InChI=1S/C42H41N3O12/c1-43(2)26-14-30(55-22-53-21-25-13-39-35(20-40(25)52-6)34-19-27(49-3)7-10-36(34)44(39)41(46)47)16-31(15-26)56-23-54-24-57-42(48)45-37-11-8-28(50-4)17-32(37)33-18-29(51-5)9-12-38(33)45/h7-20H,21-24H2,1-6H3,(H,46,47). The summed E-state index contributed by atoms with van der Waals surface area (Å²) in [6.07, 6.45) is -1.74. The first-order chi connectivity index (χ1) is 27.6. The van der Waals surface area contributed by atoms with E-state index in [1.54, 1.807) is 95.2 Å². The largest absolute Gasteiger partial charge is 0.497 e. The zero-order chi connectivity index (χ0) is 40.2. The molecule has 7 rings (SSSR count). The van der Waals surface area contributed by atoms with Gasteiger partial charge >= 0.3 is 12.2 Å². The fraction of sp³-hybridized carbons (Fsp3) is 0.238. The van der Waals surface area contributed by atoms with Gasteiger partial charge in [0, 0.05) is 65.1 Å². The van der Waals surface area contributed by atoms with Crippen molar-refractivity contribution in [2.24, 2.45) is 0 Å². The predicted molar refractivity (Wildman–Crippen MR) is 213 cm³/mol. The number of carbonyl (C=O) groups is 2. The molecule has 57 heavy (non-hydrogen) atoms. The Balaban J connectivity index is 0.979. The van der Waals surface area contributed by atoms with Crippen LogP contribution in [0.15, 0.2) is 84.9 Å². The molecule has 2 aromatic heterocycles. The molecular weight excluding hydrogens is 738 g/mol. The number of hydrogen-bond donors (Lipinski definition) is 1. The van der Waals surface area contributed by atoms with Gasteiger partial charge in [-0.05, 0) is 66.7 Å². The molecule has 7 aromatic rings. The highest BCUT2D eigenvalue weighted by Crippen LogP contribution is 2.37. The molecule has 0 bridgehead atoms. The molecule has 0 radical (unpaired) electrons. The van der Waals surface area contributed by atoms with E-state index in [2.05, 4.69) is 0 Å². The Kier molecular flexibility index (Phi) is 11.1. The maximum absolute atomic E-state index is 13.3. The maximum Gasteiger partial charge on any atom is 0.421 e. The number of aromatic nitrogens is 2. The van der Waals surface area contributed by atoms with Crippen molar-refractivity contribution in [1.29, 1.82) is 0 Å². The second kappa shape index (κ2) is 16.5. The molecule has 2 heterocycles. The molecule has 0 aliphatic heterocycles. The first-order valence-corrected chi connectivity index (χ1v) is 17.6. The lowest BCUT2D eigenvalue weighted by molar-refractivity contribution is -0.0700. The van der Waals surface area contributed by atoms with Crippen molar-refractivity contribution in [3.63, 3.8) is 0 Å². The van der Waals surface area contributed by atoms with Crippen LogP contribution in [0.3, 0.4) is 0 Å². The summed E-state index contributed by atoms with van der Waals surface area (Å²) in [5, 5.41) is 13.1. The van der Waals surface area contributed by atoms with Crippen LogP contribution < -0.4 is 33.3 Å². The number of fused-ring (bicyclic) bond motifs is 6. The molecule has 5 aromatic carbocycles. The molecule has 0 fully saturated rings. The van der Waals surface area contributed by atoms with Crippen molar-refractivity contribution in [3.8, 4) is 34.5 Å². The lowest BCUT2D eigenvalue weighted by Gasteiger charge is -2.17. The number of carbonyl (C=O) groups excluding carboxylic acids is 1. The SMILES string of the molecule is COc1ccc2c(c1)c1cc(OC)c(COCOc3cc(OCOCOC(=O)n4c5ccc(OC)cc5c5cc(OC)ccc54)cc(N(C)C)c3)cc1n2C(=O)O. The van der Waals surface area contributed by atoms with Crippen LogP contribution in [-0.4, -0.2) is 89.3 Å². The van der Waals surface area contributed by atoms with E-state index in [0.717, 1.165) is 16.5 Å². The molecule has 0 aliphatic carbocycles. The van der Waals surface area contributed by atoms with Gasteiger partial charge < -0.3 is 52.6 Å². The quantitative estimate of drug-likeness (QED) is 0.0790. The Hall–Kier alpha value is -6.84. The van der Waals surface area contributed by atoms with Crippen molar-refractivity contribution in [2.75, 3.05) is 67.8 Å². The number of carboxylic acid groups (broad SMARTS) is 1. The Morgan fingerprint density at radius 2 is 1.07 bits per heavy atom. The molecule has 0 amide bonds. The highest BCUT2D eigenvalue weighted by molar-refractivity contribution is 6.14. The van der Waals surface area contributed by atoms with Crippen molar-refractivity contribution >= 4 is 61.5 Å². The number of benzene rings is 5. The van der Waals surface area contributed by atoms with E-state index in [1.165, 1.54) is 9.13 Å². The Morgan fingerprint density at radius 3 is 1.56 bits per heavy atom. The topological polar surface area (TPSA) is 151 Å². The van der Waals surface area contributed by atoms with Crippen LogP contribution in [0.1, 0.15) is 5.56 Å². The highest BCUT2D eigenvalue weighted by atomic mass is 16.7. The summed E-state index contributed by atoms with van der Waals surface area (Å²) >= 11 is 0. The van der Waals surface area contributed by atoms with Crippen LogP contribution in [0.2, 0.25) is 0 Å². The van der Waals surface area contributed by atoms with Crippen LogP contribution in [0, 0.1) is 0 Å². The normalized spacial score (nSPS) is 11.3. The molecule has 15 nitrogen and oxygen atoms in total. The van der Waals surface area contributed by atoms with Gasteiger partial charge in [-0.15, -0.1) is 0 Å². The van der Waals surface area contributed by atoms with E-state index >= 15 is 0 Å². The molecule has 0 atom stereocenters. The van der Waals surface area contributed by atoms with E-state index < -0.39 is 12.2 Å². The van der Waals surface area contributed by atoms with E-state index in [-0.39, 0.29) is 27.0 Å². The Labute approximate surface area is 326 Å². The summed E-state index contributed by atoms with van der Waals surface area (Å²) in [5.74, 6) is 3.34. The van der Waals surface area contributed by atoms with Crippen LogP contribution >= 0.6 is 0 Å². The summed E-state index contributed by atoms with van der Waals surface area (Å²) in [6, 6.07) is 24.9. The van der Waals surface area contributed by atoms with Crippen LogP contribution in [0.4, 0.5) is 15.3 Å². The molecule has 0 unspecified atom stereocenters. The summed E-state index contributed by atoms with van der Waals surface area (Å²) in [7, 11) is 10.0. The minimum atomic E-state index is -1.12. The van der Waals surface area contributed by atoms with E-state index in [1.807, 2.05) is 37.2 Å². The number of methoxy groups -OCH3 is 4. The Bertz CT molecular complexity index is 2550. The van der Waals surface area contributed by atoms with Crippen molar-refractivity contribution < 1.29 is 57.3 Å². The van der Waals surface area contributed by atoms with Gasteiger partial charge in [0.2, 0.25) is 0 Å². The molecule has 15 heteroatoms. The third kappa shape index (κ3) is 7.70. The second-order valence-corrected chi connectivity index (χ2v) is 12.9. The van der Waals surface area contributed by atoms with Crippen molar-refractivity contribution in [3.05, 3.63) is 90.5 Å². The van der Waals surface area contributed by atoms with Gasteiger partial charge in [-0.3, -0.25) is 0 Å². The fourth-order valence-electron chi connectivity index (χ4n) is 6.68. The summed E-state index contributed by atoms with van der Waals surface area (Å²) in [4.78, 5) is 27.5. The first kappa shape index (κ1) is 38.4. The lowest BCUT2D eigenvalue weighted by Crippen LogP contribution is -2.17. The van der Waals surface area contributed by atoms with Crippen LogP contribution in [-0.2, 0) is 20.8 Å². The lowest BCUT2D eigenvalue weighted by atomic mass is 10.1.